The van der Waals surface area contributed by atoms with Gasteiger partial charge >= 0.3 is 5.69 Å². The number of aromatic hydroxyl groups is 1. The van der Waals surface area contributed by atoms with Crippen molar-refractivity contribution in [2.75, 3.05) is 5.43 Å². The molecule has 3 N–H and O–H groups in total. The summed E-state index contributed by atoms with van der Waals surface area (Å²) >= 11 is 0. The summed E-state index contributed by atoms with van der Waals surface area (Å²) in [6, 6.07) is 13.4. The van der Waals surface area contributed by atoms with Crippen molar-refractivity contribution in [3.8, 4) is 23.1 Å². The van der Waals surface area contributed by atoms with E-state index in [0.29, 0.717) is 17.5 Å². The van der Waals surface area contributed by atoms with Crippen LogP contribution in [0, 0.1) is 21.4 Å². The van der Waals surface area contributed by atoms with Crippen molar-refractivity contribution in [1.82, 2.24) is 9.97 Å². The van der Waals surface area contributed by atoms with Crippen LogP contribution in [0.5, 0.6) is 5.75 Å². The van der Waals surface area contributed by atoms with E-state index in [0.717, 1.165) is 0 Å². The van der Waals surface area contributed by atoms with E-state index in [1.807, 2.05) is 13.0 Å². The van der Waals surface area contributed by atoms with E-state index in [2.05, 4.69) is 20.5 Å². The highest BCUT2D eigenvalue weighted by Gasteiger charge is 2.18. The Kier molecular flexibility index (Phi) is 5.84. The predicted molar refractivity (Wildman–Crippen MR) is 110 cm³/mol. The number of aromatic amines is 1. The number of nitro benzene ring substituents is 1. The van der Waals surface area contributed by atoms with Gasteiger partial charge in [-0.1, -0.05) is 37.3 Å². The highest BCUT2D eigenvalue weighted by atomic mass is 16.6. The normalized spacial score (nSPS) is 10.7. The van der Waals surface area contributed by atoms with Crippen LogP contribution in [0.15, 0.2) is 52.4 Å². The van der Waals surface area contributed by atoms with Crippen LogP contribution in [0.3, 0.4) is 0 Å². The molecule has 0 aliphatic carbocycles. The van der Waals surface area contributed by atoms with Gasteiger partial charge in [-0.25, -0.2) is 10.4 Å². The first-order chi connectivity index (χ1) is 14.4. The van der Waals surface area contributed by atoms with Gasteiger partial charge < -0.3 is 5.11 Å². The number of phenols is 1. The average Bonchev–Trinajstić information content (AvgIpc) is 2.75. The third-order valence-corrected chi connectivity index (χ3v) is 4.24. The molecule has 2 aromatic carbocycles. The Hall–Kier alpha value is -4.52. The minimum Gasteiger partial charge on any atom is -0.502 e. The molecule has 0 bridgehead atoms. The van der Waals surface area contributed by atoms with E-state index >= 15 is 0 Å². The minimum atomic E-state index is -0.676. The molecule has 1 heterocycles. The molecule has 3 aromatic rings. The number of aryl methyl sites for hydroxylation is 1. The molecule has 0 unspecified atom stereocenters. The molecular formula is C20H16N6O4. The second-order valence-electron chi connectivity index (χ2n) is 6.15. The highest BCUT2D eigenvalue weighted by Crippen LogP contribution is 2.30. The number of rotatable bonds is 6. The molecule has 0 atom stereocenters. The second-order valence-corrected chi connectivity index (χ2v) is 6.15. The van der Waals surface area contributed by atoms with Gasteiger partial charge in [-0.3, -0.25) is 19.9 Å². The first-order valence-corrected chi connectivity index (χ1v) is 8.83. The summed E-state index contributed by atoms with van der Waals surface area (Å²) in [5, 5.41) is 34.4. The van der Waals surface area contributed by atoms with E-state index < -0.39 is 21.9 Å². The fraction of sp³-hybridized carbons (Fsp3) is 0.100. The molecule has 0 fully saturated rings. The van der Waals surface area contributed by atoms with Crippen LogP contribution < -0.4 is 11.0 Å². The Labute approximate surface area is 170 Å². The van der Waals surface area contributed by atoms with Gasteiger partial charge in [-0.2, -0.15) is 10.4 Å². The number of benzene rings is 2. The van der Waals surface area contributed by atoms with E-state index in [-0.39, 0.29) is 22.8 Å². The number of phenolic OH excluding ortho intramolecular Hbond substituents is 1. The third kappa shape index (κ3) is 4.15. The predicted octanol–water partition coefficient (Wildman–Crippen LogP) is 2.93. The third-order valence-electron chi connectivity index (χ3n) is 4.24. The summed E-state index contributed by atoms with van der Waals surface area (Å²) in [5.41, 5.74) is 2.86. The second kappa shape index (κ2) is 8.66. The quantitative estimate of drug-likeness (QED) is 0.324. The Bertz CT molecular complexity index is 1230. The molecule has 0 amide bonds. The standard InChI is InChI=1S/C20H16N6O4/c1-2-12-8-14(18(27)16(9-12)26(29)30)11-22-25-20-23-17(13-6-4-3-5-7-13)15(10-21)19(28)24-20/h3-9,11,27H,2H2,1H3,(H2,23,24,25,28). The number of anilines is 1. The van der Waals surface area contributed by atoms with Crippen molar-refractivity contribution in [1.29, 1.82) is 5.26 Å². The Balaban J connectivity index is 1.95. The maximum atomic E-state index is 12.2. The Morgan fingerprint density at radius 1 is 1.37 bits per heavy atom. The lowest BCUT2D eigenvalue weighted by Crippen LogP contribution is -2.16. The molecule has 10 nitrogen and oxygen atoms in total. The number of H-pyrrole nitrogens is 1. The molecule has 0 saturated carbocycles. The summed E-state index contributed by atoms with van der Waals surface area (Å²) < 4.78 is 0. The first-order valence-electron chi connectivity index (χ1n) is 8.83. The number of aromatic nitrogens is 2. The lowest BCUT2D eigenvalue weighted by molar-refractivity contribution is -0.385. The van der Waals surface area contributed by atoms with Crippen LogP contribution in [0.4, 0.5) is 11.6 Å². The summed E-state index contributed by atoms with van der Waals surface area (Å²) in [7, 11) is 0. The maximum absolute atomic E-state index is 12.2. The lowest BCUT2D eigenvalue weighted by atomic mass is 10.1. The molecule has 10 heteroatoms. The fourth-order valence-corrected chi connectivity index (χ4v) is 2.74. The summed E-state index contributed by atoms with van der Waals surface area (Å²) in [6.07, 6.45) is 1.71. The Morgan fingerprint density at radius 2 is 2.10 bits per heavy atom. The molecule has 30 heavy (non-hydrogen) atoms. The fourth-order valence-electron chi connectivity index (χ4n) is 2.74. The van der Waals surface area contributed by atoms with Crippen LogP contribution in [0.1, 0.15) is 23.6 Å². The number of nitriles is 1. The van der Waals surface area contributed by atoms with Crippen LogP contribution >= 0.6 is 0 Å². The zero-order chi connectivity index (χ0) is 21.7. The largest absolute Gasteiger partial charge is 0.502 e. The Morgan fingerprint density at radius 3 is 2.73 bits per heavy atom. The van der Waals surface area contributed by atoms with E-state index in [4.69, 9.17) is 0 Å². The van der Waals surface area contributed by atoms with Gasteiger partial charge in [0.2, 0.25) is 11.7 Å². The SMILES string of the molecule is CCc1cc(C=NNc2nc(-c3ccccc3)c(C#N)c(=O)[nH]2)c(O)c([N+](=O)[O-])c1. The van der Waals surface area contributed by atoms with Crippen molar-refractivity contribution >= 4 is 17.9 Å². The molecule has 1 aromatic heterocycles. The highest BCUT2D eigenvalue weighted by molar-refractivity contribution is 5.86. The van der Waals surface area contributed by atoms with E-state index in [1.165, 1.54) is 12.3 Å². The topological polar surface area (TPSA) is 157 Å². The zero-order valence-corrected chi connectivity index (χ0v) is 15.8. The average molecular weight is 404 g/mol. The van der Waals surface area contributed by atoms with E-state index in [9.17, 15) is 25.3 Å². The smallest absolute Gasteiger partial charge is 0.311 e. The molecule has 0 spiro atoms. The van der Waals surface area contributed by atoms with Crippen LogP contribution in [0.2, 0.25) is 0 Å². The van der Waals surface area contributed by atoms with Crippen LogP contribution in [-0.4, -0.2) is 26.2 Å². The van der Waals surface area contributed by atoms with E-state index in [1.54, 1.807) is 36.4 Å². The number of hydrogen-bond donors (Lipinski definition) is 3. The molecule has 3 rings (SSSR count). The van der Waals surface area contributed by atoms with Crippen molar-refractivity contribution in [3.63, 3.8) is 0 Å². The first kappa shape index (κ1) is 20.2. The number of nitrogens with zero attached hydrogens (tertiary/aromatic N) is 4. The maximum Gasteiger partial charge on any atom is 0.311 e. The van der Waals surface area contributed by atoms with Crippen LogP contribution in [0.25, 0.3) is 11.3 Å². The summed E-state index contributed by atoms with van der Waals surface area (Å²) in [4.78, 5) is 29.3. The zero-order valence-electron chi connectivity index (χ0n) is 15.8. The number of hydrogen-bond acceptors (Lipinski definition) is 8. The molecule has 150 valence electrons. The van der Waals surface area contributed by atoms with Crippen molar-refractivity contribution < 1.29 is 10.0 Å². The monoisotopic (exact) mass is 404 g/mol. The van der Waals surface area contributed by atoms with Gasteiger partial charge in [-0.05, 0) is 18.1 Å². The molecule has 0 aliphatic rings. The van der Waals surface area contributed by atoms with Crippen molar-refractivity contribution in [2.45, 2.75) is 13.3 Å². The lowest BCUT2D eigenvalue weighted by Gasteiger charge is -2.06. The number of hydrazone groups is 1. The van der Waals surface area contributed by atoms with Crippen molar-refractivity contribution in [3.05, 3.63) is 79.6 Å². The van der Waals surface area contributed by atoms with Gasteiger partial charge in [0.15, 0.2) is 0 Å². The van der Waals surface area contributed by atoms with Gasteiger partial charge in [0.1, 0.15) is 11.6 Å². The summed E-state index contributed by atoms with van der Waals surface area (Å²) in [5.74, 6) is -0.552. The van der Waals surface area contributed by atoms with Crippen molar-refractivity contribution in [2.24, 2.45) is 5.10 Å². The van der Waals surface area contributed by atoms with Crippen LogP contribution in [-0.2, 0) is 6.42 Å². The molecule has 0 saturated heterocycles. The number of nitrogens with one attached hydrogen (secondary N) is 2. The van der Waals surface area contributed by atoms with Gasteiger partial charge in [0, 0.05) is 17.2 Å². The van der Waals surface area contributed by atoms with Gasteiger partial charge in [0.05, 0.1) is 16.8 Å². The molecule has 0 radical (unpaired) electrons. The van der Waals surface area contributed by atoms with Gasteiger partial charge in [0.25, 0.3) is 5.56 Å². The van der Waals surface area contributed by atoms with Gasteiger partial charge in [-0.15, -0.1) is 0 Å². The molecule has 0 aliphatic heterocycles. The molecular weight excluding hydrogens is 388 g/mol. The summed E-state index contributed by atoms with van der Waals surface area (Å²) in [6.45, 7) is 1.83. The minimum absolute atomic E-state index is 0.0326. The number of nitro groups is 1.